The second-order valence-electron chi connectivity index (χ2n) is 4.34. The van der Waals surface area contributed by atoms with Gasteiger partial charge < -0.3 is 5.32 Å². The Morgan fingerprint density at radius 1 is 1.16 bits per heavy atom. The van der Waals surface area contributed by atoms with Gasteiger partial charge in [0.05, 0.1) is 5.52 Å². The zero-order valence-electron chi connectivity index (χ0n) is 10.3. The minimum atomic E-state index is 0.830. The number of hydrogen-bond acceptors (Lipinski definition) is 3. The molecule has 0 saturated carbocycles. The molecule has 1 N–H and O–H groups in total. The minimum absolute atomic E-state index is 0.830. The summed E-state index contributed by atoms with van der Waals surface area (Å²) < 4.78 is 1.09. The first-order valence-electron chi connectivity index (χ1n) is 6.08. The van der Waals surface area contributed by atoms with E-state index in [1.54, 1.807) is 11.3 Å². The largest absolute Gasteiger partial charge is 0.309 e. The van der Waals surface area contributed by atoms with Crippen molar-refractivity contribution in [3.8, 4) is 0 Å². The predicted molar refractivity (Wildman–Crippen MR) is 84.3 cm³/mol. The van der Waals surface area contributed by atoms with E-state index < -0.39 is 0 Å². The van der Waals surface area contributed by atoms with E-state index in [0.717, 1.165) is 28.5 Å². The first kappa shape index (κ1) is 12.8. The van der Waals surface area contributed by atoms with Crippen LogP contribution in [0.25, 0.3) is 10.9 Å². The molecule has 0 bridgehead atoms. The SMILES string of the molecule is Brc1ccc(CNCc2ccsc2)c2ncccc12. The molecule has 4 heteroatoms. The number of nitrogens with zero attached hydrogens (tertiary/aromatic N) is 1. The van der Waals surface area contributed by atoms with Crippen molar-refractivity contribution < 1.29 is 0 Å². The Morgan fingerprint density at radius 3 is 2.95 bits per heavy atom. The summed E-state index contributed by atoms with van der Waals surface area (Å²) in [6.45, 7) is 1.73. The van der Waals surface area contributed by atoms with Gasteiger partial charge in [-0.1, -0.05) is 28.1 Å². The van der Waals surface area contributed by atoms with E-state index in [9.17, 15) is 0 Å². The van der Waals surface area contributed by atoms with Crippen molar-refractivity contribution in [2.75, 3.05) is 0 Å². The Bertz CT molecular complexity index is 680. The second kappa shape index (κ2) is 5.82. The number of pyridine rings is 1. The molecular weight excluding hydrogens is 320 g/mol. The summed E-state index contributed by atoms with van der Waals surface area (Å²) in [5.74, 6) is 0. The molecule has 0 atom stereocenters. The van der Waals surface area contributed by atoms with Crippen molar-refractivity contribution in [3.63, 3.8) is 0 Å². The van der Waals surface area contributed by atoms with Crippen molar-refractivity contribution in [1.82, 2.24) is 10.3 Å². The molecular formula is C15H13BrN2S. The Hall–Kier alpha value is -1.23. The Kier molecular flexibility index (Phi) is 3.92. The number of thiophene rings is 1. The van der Waals surface area contributed by atoms with Crippen molar-refractivity contribution >= 4 is 38.2 Å². The van der Waals surface area contributed by atoms with E-state index >= 15 is 0 Å². The maximum Gasteiger partial charge on any atom is 0.0758 e. The standard InChI is InChI=1S/C15H13BrN2S/c16-14-4-3-12(15-13(14)2-1-6-18-15)9-17-8-11-5-7-19-10-11/h1-7,10,17H,8-9H2. The molecule has 0 saturated heterocycles. The fraction of sp³-hybridized carbons (Fsp3) is 0.133. The third kappa shape index (κ3) is 2.86. The first-order valence-corrected chi connectivity index (χ1v) is 7.82. The summed E-state index contributed by atoms with van der Waals surface area (Å²) in [5, 5.41) is 8.91. The van der Waals surface area contributed by atoms with E-state index in [1.807, 2.05) is 12.3 Å². The molecule has 0 unspecified atom stereocenters. The van der Waals surface area contributed by atoms with Crippen LogP contribution in [0.2, 0.25) is 0 Å². The maximum absolute atomic E-state index is 4.49. The molecule has 19 heavy (non-hydrogen) atoms. The Balaban J connectivity index is 1.79. The van der Waals surface area contributed by atoms with Crippen molar-refractivity contribution in [1.29, 1.82) is 0 Å². The molecule has 0 aliphatic heterocycles. The summed E-state index contributed by atoms with van der Waals surface area (Å²) in [5.41, 5.74) is 3.63. The van der Waals surface area contributed by atoms with E-state index in [2.05, 4.69) is 61.3 Å². The lowest BCUT2D eigenvalue weighted by molar-refractivity contribution is 0.697. The monoisotopic (exact) mass is 332 g/mol. The van der Waals surface area contributed by atoms with E-state index in [1.165, 1.54) is 11.1 Å². The van der Waals surface area contributed by atoms with Gasteiger partial charge in [-0.15, -0.1) is 0 Å². The van der Waals surface area contributed by atoms with Crippen LogP contribution in [0, 0.1) is 0 Å². The molecule has 0 aliphatic rings. The summed E-state index contributed by atoms with van der Waals surface area (Å²) in [4.78, 5) is 4.49. The fourth-order valence-electron chi connectivity index (χ4n) is 2.07. The molecule has 0 aliphatic carbocycles. The lowest BCUT2D eigenvalue weighted by Gasteiger charge is -2.08. The smallest absolute Gasteiger partial charge is 0.0758 e. The van der Waals surface area contributed by atoms with Crippen LogP contribution in [0.15, 0.2) is 51.8 Å². The van der Waals surface area contributed by atoms with Gasteiger partial charge in [0, 0.05) is 29.1 Å². The third-order valence-corrected chi connectivity index (χ3v) is 4.45. The van der Waals surface area contributed by atoms with Gasteiger partial charge in [0.15, 0.2) is 0 Å². The average molecular weight is 333 g/mol. The number of rotatable bonds is 4. The molecule has 0 spiro atoms. The van der Waals surface area contributed by atoms with Crippen LogP contribution in [-0.4, -0.2) is 4.98 Å². The van der Waals surface area contributed by atoms with Gasteiger partial charge in [0.2, 0.25) is 0 Å². The van der Waals surface area contributed by atoms with Gasteiger partial charge in [-0.2, -0.15) is 11.3 Å². The highest BCUT2D eigenvalue weighted by atomic mass is 79.9. The first-order chi connectivity index (χ1) is 9.34. The third-order valence-electron chi connectivity index (χ3n) is 3.02. The van der Waals surface area contributed by atoms with Crippen LogP contribution >= 0.6 is 27.3 Å². The highest BCUT2D eigenvalue weighted by Crippen LogP contribution is 2.25. The summed E-state index contributed by atoms with van der Waals surface area (Å²) >= 11 is 5.30. The van der Waals surface area contributed by atoms with Gasteiger partial charge in [-0.05, 0) is 40.1 Å². The highest BCUT2D eigenvalue weighted by Gasteiger charge is 2.05. The Labute approximate surface area is 124 Å². The van der Waals surface area contributed by atoms with Gasteiger partial charge in [0.25, 0.3) is 0 Å². The van der Waals surface area contributed by atoms with Crippen LogP contribution in [0.4, 0.5) is 0 Å². The maximum atomic E-state index is 4.49. The topological polar surface area (TPSA) is 24.9 Å². The predicted octanol–water partition coefficient (Wildman–Crippen LogP) is 4.35. The molecule has 3 rings (SSSR count). The lowest BCUT2D eigenvalue weighted by Crippen LogP contribution is -2.12. The second-order valence-corrected chi connectivity index (χ2v) is 5.98. The summed E-state index contributed by atoms with van der Waals surface area (Å²) in [7, 11) is 0. The van der Waals surface area contributed by atoms with Gasteiger partial charge in [0.1, 0.15) is 0 Å². The van der Waals surface area contributed by atoms with E-state index in [-0.39, 0.29) is 0 Å². The highest BCUT2D eigenvalue weighted by molar-refractivity contribution is 9.10. The van der Waals surface area contributed by atoms with E-state index in [0.29, 0.717) is 0 Å². The molecule has 0 fully saturated rings. The van der Waals surface area contributed by atoms with Crippen LogP contribution in [0.5, 0.6) is 0 Å². The Morgan fingerprint density at radius 2 is 2.11 bits per heavy atom. The van der Waals surface area contributed by atoms with Crippen molar-refractivity contribution in [3.05, 3.63) is 62.9 Å². The van der Waals surface area contributed by atoms with Crippen LogP contribution in [0.3, 0.4) is 0 Å². The van der Waals surface area contributed by atoms with Gasteiger partial charge >= 0.3 is 0 Å². The minimum Gasteiger partial charge on any atom is -0.309 e. The normalized spacial score (nSPS) is 11.0. The number of hydrogen-bond donors (Lipinski definition) is 1. The molecule has 0 amide bonds. The average Bonchev–Trinajstić information content (AvgIpc) is 2.95. The molecule has 0 radical (unpaired) electrons. The van der Waals surface area contributed by atoms with Crippen LogP contribution in [0.1, 0.15) is 11.1 Å². The van der Waals surface area contributed by atoms with Gasteiger partial charge in [-0.3, -0.25) is 4.98 Å². The van der Waals surface area contributed by atoms with Crippen molar-refractivity contribution in [2.24, 2.45) is 0 Å². The molecule has 2 heterocycles. The molecule has 2 nitrogen and oxygen atoms in total. The summed E-state index contributed by atoms with van der Waals surface area (Å²) in [6, 6.07) is 10.4. The fourth-order valence-corrected chi connectivity index (χ4v) is 3.19. The number of aromatic nitrogens is 1. The zero-order chi connectivity index (χ0) is 13.1. The molecule has 96 valence electrons. The lowest BCUT2D eigenvalue weighted by atomic mass is 10.1. The number of halogens is 1. The number of fused-ring (bicyclic) bond motifs is 1. The molecule has 1 aromatic carbocycles. The van der Waals surface area contributed by atoms with Crippen molar-refractivity contribution in [2.45, 2.75) is 13.1 Å². The van der Waals surface area contributed by atoms with E-state index in [4.69, 9.17) is 0 Å². The molecule has 3 aromatic rings. The van der Waals surface area contributed by atoms with Gasteiger partial charge in [-0.25, -0.2) is 0 Å². The van der Waals surface area contributed by atoms with Crippen LogP contribution < -0.4 is 5.32 Å². The quantitative estimate of drug-likeness (QED) is 0.768. The number of nitrogens with one attached hydrogen (secondary N) is 1. The zero-order valence-corrected chi connectivity index (χ0v) is 12.7. The number of benzene rings is 1. The molecule has 2 aromatic heterocycles. The van der Waals surface area contributed by atoms with Crippen LogP contribution in [-0.2, 0) is 13.1 Å². The summed E-state index contributed by atoms with van der Waals surface area (Å²) in [6.07, 6.45) is 1.84.